The molecule has 1 heterocycles. The molecule has 0 saturated carbocycles. The van der Waals surface area contributed by atoms with E-state index >= 15 is 0 Å². The normalized spacial score (nSPS) is 13.8. The third-order valence-electron chi connectivity index (χ3n) is 2.61. The van der Waals surface area contributed by atoms with Gasteiger partial charge >= 0.3 is 0 Å². The van der Waals surface area contributed by atoms with Crippen LogP contribution in [0.2, 0.25) is 5.02 Å². The van der Waals surface area contributed by atoms with Crippen LogP contribution in [-0.2, 0) is 16.3 Å². The van der Waals surface area contributed by atoms with Crippen molar-refractivity contribution in [1.82, 2.24) is 9.78 Å². The van der Waals surface area contributed by atoms with Gasteiger partial charge < -0.3 is 9.05 Å². The van der Waals surface area contributed by atoms with E-state index in [0.29, 0.717) is 17.4 Å². The molecule has 1 aromatic heterocycles. The summed E-state index contributed by atoms with van der Waals surface area (Å²) in [5.41, 5.74) is -1.46. The Bertz CT molecular complexity index is 649. The van der Waals surface area contributed by atoms with Gasteiger partial charge in [0.25, 0.3) is 5.69 Å². The number of rotatable bonds is 8. The van der Waals surface area contributed by atoms with Crippen molar-refractivity contribution in [1.29, 1.82) is 0 Å². The molecule has 0 bridgehead atoms. The first-order valence-electron chi connectivity index (χ1n) is 6.95. The zero-order chi connectivity index (χ0) is 16.0. The van der Waals surface area contributed by atoms with Gasteiger partial charge in [0, 0.05) is 10.8 Å². The minimum atomic E-state index is -2.37. The SMILES string of the molecule is CCCSP(=S)(OCC)Oc1cnn(-c2ccc(Cl)cc2)c1. The lowest BCUT2D eigenvalue weighted by atomic mass is 10.3. The summed E-state index contributed by atoms with van der Waals surface area (Å²) in [6.45, 7) is 4.57. The van der Waals surface area contributed by atoms with Gasteiger partial charge in [0.15, 0.2) is 5.75 Å². The fourth-order valence-corrected chi connectivity index (χ4v) is 6.47. The Balaban J connectivity index is 2.12. The predicted molar refractivity (Wildman–Crippen MR) is 97.9 cm³/mol. The molecular weight excluding hydrogens is 359 g/mol. The van der Waals surface area contributed by atoms with Crippen LogP contribution in [-0.4, -0.2) is 22.1 Å². The van der Waals surface area contributed by atoms with E-state index < -0.39 is 5.69 Å². The lowest BCUT2D eigenvalue weighted by Crippen LogP contribution is -1.95. The smallest absolute Gasteiger partial charge is 0.297 e. The highest BCUT2D eigenvalue weighted by Crippen LogP contribution is 2.60. The first-order valence-corrected chi connectivity index (χ1v) is 11.6. The molecule has 8 heteroatoms. The molecule has 4 nitrogen and oxygen atoms in total. The number of halogens is 1. The molecular formula is C14H18ClN2O2PS2. The van der Waals surface area contributed by atoms with Gasteiger partial charge in [-0.25, -0.2) is 4.68 Å². The van der Waals surface area contributed by atoms with E-state index in [1.54, 1.807) is 28.5 Å². The van der Waals surface area contributed by atoms with Gasteiger partial charge in [0.05, 0.1) is 24.7 Å². The molecule has 0 saturated heterocycles. The Morgan fingerprint density at radius 1 is 1.32 bits per heavy atom. The Hall–Kier alpha value is -0.520. The van der Waals surface area contributed by atoms with Gasteiger partial charge in [-0.2, -0.15) is 5.10 Å². The Morgan fingerprint density at radius 3 is 2.68 bits per heavy atom. The van der Waals surface area contributed by atoms with Crippen LogP contribution in [0.4, 0.5) is 0 Å². The first kappa shape index (κ1) is 17.8. The van der Waals surface area contributed by atoms with Crippen LogP contribution in [0.25, 0.3) is 5.69 Å². The molecule has 2 rings (SSSR count). The molecule has 0 aliphatic rings. The standard InChI is InChI=1S/C14H18ClN2O2PS2/c1-3-9-22-20(21,18-4-2)19-14-10-16-17(11-14)13-7-5-12(15)6-8-13/h5-8,10-11H,3-4,9H2,1-2H3. The molecule has 0 radical (unpaired) electrons. The number of hydrogen-bond acceptors (Lipinski definition) is 5. The molecule has 2 aromatic rings. The van der Waals surface area contributed by atoms with Crippen LogP contribution in [0.1, 0.15) is 20.3 Å². The fraction of sp³-hybridized carbons (Fsp3) is 0.357. The molecule has 1 aromatic carbocycles. The molecule has 1 unspecified atom stereocenters. The van der Waals surface area contributed by atoms with Crippen LogP contribution < -0.4 is 4.52 Å². The van der Waals surface area contributed by atoms with Crippen molar-refractivity contribution < 1.29 is 9.05 Å². The highest BCUT2D eigenvalue weighted by atomic mass is 35.5. The highest BCUT2D eigenvalue weighted by Gasteiger charge is 2.21. The van der Waals surface area contributed by atoms with Gasteiger partial charge in [0.2, 0.25) is 0 Å². The van der Waals surface area contributed by atoms with Gasteiger partial charge in [-0.05, 0) is 49.4 Å². The van der Waals surface area contributed by atoms with Crippen molar-refractivity contribution in [3.05, 3.63) is 41.7 Å². The second-order valence-electron chi connectivity index (χ2n) is 4.39. The summed E-state index contributed by atoms with van der Waals surface area (Å²) in [5.74, 6) is 1.54. The number of nitrogens with zero attached hydrogens (tertiary/aromatic N) is 2. The van der Waals surface area contributed by atoms with Gasteiger partial charge in [-0.3, -0.25) is 0 Å². The Kier molecular flexibility index (Phi) is 6.78. The number of benzene rings is 1. The lowest BCUT2D eigenvalue weighted by molar-refractivity contribution is 0.344. The summed E-state index contributed by atoms with van der Waals surface area (Å²) in [7, 11) is 0. The maximum absolute atomic E-state index is 5.93. The minimum Gasteiger partial charge on any atom is -0.433 e. The number of hydrogen-bond donors (Lipinski definition) is 0. The summed E-state index contributed by atoms with van der Waals surface area (Å²) < 4.78 is 13.3. The van der Waals surface area contributed by atoms with Crippen molar-refractivity contribution in [2.45, 2.75) is 20.3 Å². The lowest BCUT2D eigenvalue weighted by Gasteiger charge is -2.20. The van der Waals surface area contributed by atoms with Crippen LogP contribution in [0.3, 0.4) is 0 Å². The van der Waals surface area contributed by atoms with E-state index in [0.717, 1.165) is 17.9 Å². The fourth-order valence-electron chi connectivity index (χ4n) is 1.67. The monoisotopic (exact) mass is 376 g/mol. The van der Waals surface area contributed by atoms with E-state index in [4.69, 9.17) is 32.5 Å². The van der Waals surface area contributed by atoms with Crippen LogP contribution in [0.5, 0.6) is 5.75 Å². The van der Waals surface area contributed by atoms with Gasteiger partial charge in [-0.1, -0.05) is 29.9 Å². The average molecular weight is 377 g/mol. The van der Waals surface area contributed by atoms with Gasteiger partial charge in [-0.15, -0.1) is 0 Å². The van der Waals surface area contributed by atoms with E-state index in [-0.39, 0.29) is 0 Å². The minimum absolute atomic E-state index is 0.541. The topological polar surface area (TPSA) is 36.3 Å². The third kappa shape index (κ3) is 5.00. The molecule has 0 spiro atoms. The summed E-state index contributed by atoms with van der Waals surface area (Å²) in [6.07, 6.45) is 4.49. The van der Waals surface area contributed by atoms with Crippen LogP contribution in [0, 0.1) is 0 Å². The molecule has 0 fully saturated rings. The van der Waals surface area contributed by atoms with E-state index in [1.807, 2.05) is 31.2 Å². The third-order valence-corrected chi connectivity index (χ3v) is 8.30. The Morgan fingerprint density at radius 2 is 2.05 bits per heavy atom. The zero-order valence-electron chi connectivity index (χ0n) is 12.4. The Labute approximate surface area is 145 Å². The van der Waals surface area contributed by atoms with E-state index in [2.05, 4.69) is 12.0 Å². The van der Waals surface area contributed by atoms with Crippen molar-refractivity contribution in [2.75, 3.05) is 12.4 Å². The highest BCUT2D eigenvalue weighted by molar-refractivity contribution is 8.68. The molecule has 22 heavy (non-hydrogen) atoms. The van der Waals surface area contributed by atoms with Crippen molar-refractivity contribution in [3.8, 4) is 11.4 Å². The van der Waals surface area contributed by atoms with Crippen LogP contribution >= 0.6 is 28.7 Å². The second-order valence-corrected chi connectivity index (χ2v) is 11.2. The van der Waals surface area contributed by atoms with Crippen molar-refractivity contribution in [2.24, 2.45) is 0 Å². The summed E-state index contributed by atoms with van der Waals surface area (Å²) >= 11 is 13.0. The summed E-state index contributed by atoms with van der Waals surface area (Å²) in [6, 6.07) is 7.43. The van der Waals surface area contributed by atoms with Crippen molar-refractivity contribution in [3.63, 3.8) is 0 Å². The second kappa shape index (κ2) is 8.37. The zero-order valence-corrected chi connectivity index (χ0v) is 15.7. The van der Waals surface area contributed by atoms with E-state index in [9.17, 15) is 0 Å². The largest absolute Gasteiger partial charge is 0.433 e. The molecule has 0 N–H and O–H groups in total. The summed E-state index contributed by atoms with van der Waals surface area (Å²) in [4.78, 5) is 0. The summed E-state index contributed by atoms with van der Waals surface area (Å²) in [5, 5.41) is 4.99. The average Bonchev–Trinajstić information content (AvgIpc) is 2.94. The maximum Gasteiger partial charge on any atom is 0.297 e. The maximum atomic E-state index is 5.93. The van der Waals surface area contributed by atoms with Crippen molar-refractivity contribution >= 4 is 40.5 Å². The molecule has 0 aliphatic heterocycles. The molecule has 120 valence electrons. The molecule has 0 aliphatic carbocycles. The number of aromatic nitrogens is 2. The quantitative estimate of drug-likeness (QED) is 0.583. The first-order chi connectivity index (χ1) is 10.6. The van der Waals surface area contributed by atoms with Gasteiger partial charge in [0.1, 0.15) is 0 Å². The van der Waals surface area contributed by atoms with Crippen LogP contribution in [0.15, 0.2) is 36.7 Å². The molecule has 0 amide bonds. The van der Waals surface area contributed by atoms with E-state index in [1.165, 1.54) is 0 Å². The molecule has 1 atom stereocenters. The predicted octanol–water partition coefficient (Wildman–Crippen LogP) is 5.31.